The average molecular weight is 249 g/mol. The molecule has 0 amide bonds. The molecule has 1 aromatic rings. The Morgan fingerprint density at radius 2 is 2.11 bits per heavy atom. The van der Waals surface area contributed by atoms with E-state index in [9.17, 15) is 5.11 Å². The van der Waals surface area contributed by atoms with Gasteiger partial charge in [-0.05, 0) is 56.0 Å². The van der Waals surface area contributed by atoms with Crippen molar-refractivity contribution in [3.63, 3.8) is 0 Å². The van der Waals surface area contributed by atoms with Crippen molar-refractivity contribution in [1.82, 2.24) is 5.32 Å². The van der Waals surface area contributed by atoms with Crippen LogP contribution in [0.25, 0.3) is 0 Å². The van der Waals surface area contributed by atoms with Crippen LogP contribution in [0.1, 0.15) is 31.4 Å². The van der Waals surface area contributed by atoms with E-state index >= 15 is 0 Å². The fourth-order valence-corrected chi connectivity index (χ4v) is 2.32. The van der Waals surface area contributed by atoms with Crippen LogP contribution < -0.4 is 10.1 Å². The molecule has 0 aliphatic heterocycles. The highest BCUT2D eigenvalue weighted by Gasteiger charge is 2.21. The summed E-state index contributed by atoms with van der Waals surface area (Å²) in [5, 5.41) is 13.2. The summed E-state index contributed by atoms with van der Waals surface area (Å²) < 4.78 is 5.70. The van der Waals surface area contributed by atoms with Gasteiger partial charge in [0.05, 0.1) is 0 Å². The minimum atomic E-state index is -0.824. The first-order chi connectivity index (χ1) is 8.61. The molecule has 18 heavy (non-hydrogen) atoms. The van der Waals surface area contributed by atoms with E-state index in [1.54, 1.807) is 6.92 Å². The first kappa shape index (κ1) is 13.4. The molecular formula is C15H23NO2. The molecule has 3 heteroatoms. The van der Waals surface area contributed by atoms with Gasteiger partial charge in [0.15, 0.2) is 0 Å². The summed E-state index contributed by atoms with van der Waals surface area (Å²) in [5.41, 5.74) is 2.02. The van der Waals surface area contributed by atoms with E-state index in [2.05, 4.69) is 17.4 Å². The van der Waals surface area contributed by atoms with Crippen molar-refractivity contribution in [2.75, 3.05) is 19.7 Å². The lowest BCUT2D eigenvalue weighted by molar-refractivity contribution is 0.0127. The molecular weight excluding hydrogens is 226 g/mol. The van der Waals surface area contributed by atoms with Crippen LogP contribution in [0.3, 0.4) is 0 Å². The van der Waals surface area contributed by atoms with Crippen LogP contribution in [-0.2, 0) is 12.8 Å². The van der Waals surface area contributed by atoms with Gasteiger partial charge in [-0.3, -0.25) is 0 Å². The molecule has 0 aromatic heterocycles. The lowest BCUT2D eigenvalue weighted by Crippen LogP contribution is -2.42. The van der Waals surface area contributed by atoms with Gasteiger partial charge >= 0.3 is 0 Å². The summed E-state index contributed by atoms with van der Waals surface area (Å²) in [6.45, 7) is 5.54. The summed E-state index contributed by atoms with van der Waals surface area (Å²) in [6, 6.07) is 6.27. The largest absolute Gasteiger partial charge is 0.491 e. The predicted molar refractivity (Wildman–Crippen MR) is 73.1 cm³/mol. The van der Waals surface area contributed by atoms with Crippen LogP contribution in [0.4, 0.5) is 0 Å². The van der Waals surface area contributed by atoms with E-state index in [0.29, 0.717) is 13.2 Å². The number of nitrogens with one attached hydrogen (secondary N) is 1. The number of fused-ring (bicyclic) bond motifs is 1. The molecule has 0 bridgehead atoms. The van der Waals surface area contributed by atoms with E-state index in [-0.39, 0.29) is 0 Å². The third kappa shape index (κ3) is 3.47. The van der Waals surface area contributed by atoms with Gasteiger partial charge in [0, 0.05) is 6.54 Å². The molecule has 3 nitrogen and oxygen atoms in total. The van der Waals surface area contributed by atoms with Crippen LogP contribution in [-0.4, -0.2) is 30.4 Å². The van der Waals surface area contributed by atoms with Gasteiger partial charge in [0.1, 0.15) is 18.0 Å². The van der Waals surface area contributed by atoms with E-state index in [0.717, 1.165) is 18.7 Å². The first-order valence-electron chi connectivity index (χ1n) is 6.78. The van der Waals surface area contributed by atoms with Crippen molar-refractivity contribution >= 4 is 0 Å². The summed E-state index contributed by atoms with van der Waals surface area (Å²) in [5.74, 6) is 0.868. The Morgan fingerprint density at radius 3 is 2.89 bits per heavy atom. The van der Waals surface area contributed by atoms with E-state index < -0.39 is 5.60 Å². The zero-order chi connectivity index (χ0) is 13.0. The van der Waals surface area contributed by atoms with E-state index in [1.807, 2.05) is 13.0 Å². The van der Waals surface area contributed by atoms with Gasteiger partial charge in [0.2, 0.25) is 0 Å². The van der Waals surface area contributed by atoms with Crippen molar-refractivity contribution in [2.24, 2.45) is 0 Å². The van der Waals surface area contributed by atoms with Gasteiger partial charge in [-0.15, -0.1) is 0 Å². The minimum absolute atomic E-state index is 0.318. The summed E-state index contributed by atoms with van der Waals surface area (Å²) in [7, 11) is 0. The third-order valence-corrected chi connectivity index (χ3v) is 3.38. The Bertz CT molecular complexity index is 401. The molecule has 0 spiro atoms. The Labute approximate surface area is 109 Å². The zero-order valence-electron chi connectivity index (χ0n) is 11.3. The molecule has 100 valence electrons. The summed E-state index contributed by atoms with van der Waals surface area (Å²) >= 11 is 0. The number of aliphatic hydroxyl groups is 1. The lowest BCUT2D eigenvalue weighted by atomic mass is 10.1. The van der Waals surface area contributed by atoms with Crippen molar-refractivity contribution in [1.29, 1.82) is 0 Å². The third-order valence-electron chi connectivity index (χ3n) is 3.38. The maximum Gasteiger partial charge on any atom is 0.119 e. The molecule has 0 heterocycles. The number of ether oxygens (including phenoxy) is 1. The van der Waals surface area contributed by atoms with E-state index in [4.69, 9.17) is 4.74 Å². The van der Waals surface area contributed by atoms with Crippen molar-refractivity contribution in [3.8, 4) is 5.75 Å². The molecule has 1 aromatic carbocycles. The minimum Gasteiger partial charge on any atom is -0.491 e. The van der Waals surface area contributed by atoms with Crippen molar-refractivity contribution in [3.05, 3.63) is 29.3 Å². The molecule has 0 saturated carbocycles. The van der Waals surface area contributed by atoms with Gasteiger partial charge in [-0.25, -0.2) is 0 Å². The molecule has 1 aliphatic carbocycles. The predicted octanol–water partition coefficient (Wildman–Crippen LogP) is 1.91. The molecule has 1 aliphatic rings. The molecule has 0 radical (unpaired) electrons. The first-order valence-corrected chi connectivity index (χ1v) is 6.78. The Balaban J connectivity index is 1.90. The van der Waals surface area contributed by atoms with Gasteiger partial charge in [-0.1, -0.05) is 13.0 Å². The molecule has 2 N–H and O–H groups in total. The molecule has 1 unspecified atom stereocenters. The maximum absolute atomic E-state index is 10.1. The molecule has 1 atom stereocenters. The fourth-order valence-electron chi connectivity index (χ4n) is 2.32. The Hall–Kier alpha value is -1.06. The van der Waals surface area contributed by atoms with Crippen LogP contribution in [0.15, 0.2) is 18.2 Å². The highest BCUT2D eigenvalue weighted by Crippen LogP contribution is 2.26. The van der Waals surface area contributed by atoms with Crippen LogP contribution >= 0.6 is 0 Å². The number of benzene rings is 1. The van der Waals surface area contributed by atoms with Gasteiger partial charge in [0.25, 0.3) is 0 Å². The second-order valence-electron chi connectivity index (χ2n) is 5.35. The second kappa shape index (κ2) is 5.72. The maximum atomic E-state index is 10.1. The normalized spacial score (nSPS) is 17.3. The number of hydrogen-bond acceptors (Lipinski definition) is 3. The summed E-state index contributed by atoms with van der Waals surface area (Å²) in [4.78, 5) is 0. The number of likely N-dealkylation sites (N-methyl/N-ethyl adjacent to an activating group) is 1. The van der Waals surface area contributed by atoms with Gasteiger partial charge in [-0.2, -0.15) is 0 Å². The quantitative estimate of drug-likeness (QED) is 0.809. The fraction of sp³-hybridized carbons (Fsp3) is 0.600. The lowest BCUT2D eigenvalue weighted by Gasteiger charge is -2.23. The second-order valence-corrected chi connectivity index (χ2v) is 5.35. The van der Waals surface area contributed by atoms with Crippen LogP contribution in [0.5, 0.6) is 5.75 Å². The summed E-state index contributed by atoms with van der Waals surface area (Å²) in [6.07, 6.45) is 3.59. The SMILES string of the molecule is CCNCC(C)(O)COc1ccc2c(c1)CCC2. The van der Waals surface area contributed by atoms with Gasteiger partial charge < -0.3 is 15.2 Å². The molecule has 2 rings (SSSR count). The van der Waals surface area contributed by atoms with E-state index in [1.165, 1.54) is 24.0 Å². The smallest absolute Gasteiger partial charge is 0.119 e. The van der Waals surface area contributed by atoms with Crippen molar-refractivity contribution < 1.29 is 9.84 Å². The topological polar surface area (TPSA) is 41.5 Å². The molecule has 0 fully saturated rings. The highest BCUT2D eigenvalue weighted by atomic mass is 16.5. The number of hydrogen-bond donors (Lipinski definition) is 2. The number of aryl methyl sites for hydroxylation is 2. The van der Waals surface area contributed by atoms with Crippen molar-refractivity contribution in [2.45, 2.75) is 38.7 Å². The zero-order valence-corrected chi connectivity index (χ0v) is 11.3. The Kier molecular flexibility index (Phi) is 4.25. The number of rotatable bonds is 6. The standard InChI is InChI=1S/C15H23NO2/c1-3-16-10-15(2,17)11-18-14-8-7-12-5-4-6-13(12)9-14/h7-9,16-17H,3-6,10-11H2,1-2H3. The average Bonchev–Trinajstić information content (AvgIpc) is 2.81. The monoisotopic (exact) mass is 249 g/mol. The molecule has 0 saturated heterocycles. The van der Waals surface area contributed by atoms with Crippen LogP contribution in [0.2, 0.25) is 0 Å². The highest BCUT2D eigenvalue weighted by molar-refractivity contribution is 5.38. The van der Waals surface area contributed by atoms with Crippen LogP contribution in [0, 0.1) is 0 Å². The Morgan fingerprint density at radius 1 is 1.33 bits per heavy atom.